The van der Waals surface area contributed by atoms with E-state index in [1.54, 1.807) is 0 Å². The fraction of sp³-hybridized carbons (Fsp3) is 0.167. The largest absolute Gasteiger partial charge is 0.435 e. The molecule has 5 nitrogen and oxygen atoms in total. The molecule has 1 aromatic carbocycles. The highest BCUT2D eigenvalue weighted by atomic mass is 19.4. The van der Waals surface area contributed by atoms with E-state index in [0.717, 1.165) is 4.68 Å². The number of hydrogen-bond donors (Lipinski definition) is 2. The predicted molar refractivity (Wildman–Crippen MR) is 60.5 cm³/mol. The Morgan fingerprint density at radius 1 is 1.25 bits per heavy atom. The summed E-state index contributed by atoms with van der Waals surface area (Å²) in [5, 5.41) is 30.3. The lowest BCUT2D eigenvalue weighted by Gasteiger charge is -2.08. The molecule has 0 spiro atoms. The zero-order valence-electron chi connectivity index (χ0n) is 9.83. The molecule has 1 aromatic heterocycles. The first-order chi connectivity index (χ1) is 9.32. The Morgan fingerprint density at radius 2 is 1.95 bits per heavy atom. The van der Waals surface area contributed by atoms with Gasteiger partial charge in [0, 0.05) is 0 Å². The summed E-state index contributed by atoms with van der Waals surface area (Å²) in [6.07, 6.45) is -6.83. The first-order valence-electron chi connectivity index (χ1n) is 5.37. The topological polar surface area (TPSA) is 82.1 Å². The molecule has 2 rings (SSSR count). The molecule has 0 amide bonds. The van der Waals surface area contributed by atoms with E-state index in [2.05, 4.69) is 5.10 Å². The number of rotatable bonds is 2. The van der Waals surface area contributed by atoms with Gasteiger partial charge in [-0.25, -0.2) is 4.68 Å². The van der Waals surface area contributed by atoms with Crippen LogP contribution in [0.3, 0.4) is 0 Å². The van der Waals surface area contributed by atoms with Gasteiger partial charge in [-0.05, 0) is 24.3 Å². The van der Waals surface area contributed by atoms with E-state index >= 15 is 0 Å². The third-order valence-electron chi connectivity index (χ3n) is 2.51. The number of hydrogen-bond acceptors (Lipinski definition) is 4. The number of aliphatic hydroxyl groups excluding tert-OH is 1. The molecular weight excluding hydrogens is 275 g/mol. The Bertz CT molecular complexity index is 671. The Hall–Kier alpha value is -2.37. The molecule has 20 heavy (non-hydrogen) atoms. The van der Waals surface area contributed by atoms with Crippen molar-refractivity contribution in [1.29, 1.82) is 5.26 Å². The summed E-state index contributed by atoms with van der Waals surface area (Å²) in [6.45, 7) is 0. The van der Waals surface area contributed by atoms with Crippen LogP contribution in [0.2, 0.25) is 0 Å². The fourth-order valence-corrected chi connectivity index (χ4v) is 1.63. The molecule has 2 aromatic rings. The summed E-state index contributed by atoms with van der Waals surface area (Å²) in [6, 6.07) is 7.99. The fourth-order valence-electron chi connectivity index (χ4n) is 1.63. The van der Waals surface area contributed by atoms with Gasteiger partial charge < -0.3 is 10.2 Å². The van der Waals surface area contributed by atoms with Crippen LogP contribution >= 0.6 is 0 Å². The van der Waals surface area contributed by atoms with Gasteiger partial charge in [0.2, 0.25) is 0 Å². The summed E-state index contributed by atoms with van der Waals surface area (Å²) in [5.74, 6) is 0. The molecule has 1 heterocycles. The number of aromatic nitrogens is 2. The van der Waals surface area contributed by atoms with Crippen LogP contribution in [-0.2, 0) is 6.18 Å². The number of nitriles is 1. The molecule has 0 aliphatic rings. The van der Waals surface area contributed by atoms with E-state index in [9.17, 15) is 13.2 Å². The van der Waals surface area contributed by atoms with Gasteiger partial charge >= 0.3 is 6.18 Å². The SMILES string of the molecule is N#Cc1cccc(-n2nc(C(F)(F)F)cc2C(O)O)c1. The first-order valence-corrected chi connectivity index (χ1v) is 5.37. The highest BCUT2D eigenvalue weighted by Gasteiger charge is 2.35. The van der Waals surface area contributed by atoms with Crippen LogP contribution in [-0.4, -0.2) is 20.0 Å². The van der Waals surface area contributed by atoms with Crippen molar-refractivity contribution in [1.82, 2.24) is 9.78 Å². The highest BCUT2D eigenvalue weighted by Crippen LogP contribution is 2.31. The molecular formula is C12H8F3N3O2. The zero-order chi connectivity index (χ0) is 14.9. The van der Waals surface area contributed by atoms with Crippen LogP contribution < -0.4 is 0 Å². The number of nitrogens with zero attached hydrogens (tertiary/aromatic N) is 3. The van der Waals surface area contributed by atoms with Gasteiger partial charge in [-0.2, -0.15) is 23.5 Å². The second kappa shape index (κ2) is 4.96. The Balaban J connectivity index is 2.60. The van der Waals surface area contributed by atoms with Crippen LogP contribution in [0.4, 0.5) is 13.2 Å². The normalized spacial score (nSPS) is 11.7. The molecule has 0 atom stereocenters. The molecule has 0 radical (unpaired) electrons. The molecule has 8 heteroatoms. The van der Waals surface area contributed by atoms with Crippen molar-refractivity contribution in [3.05, 3.63) is 47.3 Å². The van der Waals surface area contributed by atoms with Crippen LogP contribution in [0.15, 0.2) is 30.3 Å². The van der Waals surface area contributed by atoms with E-state index in [1.807, 2.05) is 6.07 Å². The molecule has 0 fully saturated rings. The van der Waals surface area contributed by atoms with Crippen molar-refractivity contribution < 1.29 is 23.4 Å². The number of halogens is 3. The van der Waals surface area contributed by atoms with E-state index < -0.39 is 23.9 Å². The Kier molecular flexibility index (Phi) is 3.48. The smallest absolute Gasteiger partial charge is 0.363 e. The van der Waals surface area contributed by atoms with Gasteiger partial charge in [-0.3, -0.25) is 0 Å². The van der Waals surface area contributed by atoms with Crippen molar-refractivity contribution in [3.8, 4) is 11.8 Å². The molecule has 0 saturated heterocycles. The Morgan fingerprint density at radius 3 is 2.50 bits per heavy atom. The van der Waals surface area contributed by atoms with Gasteiger partial charge in [-0.1, -0.05) is 6.07 Å². The monoisotopic (exact) mass is 283 g/mol. The van der Waals surface area contributed by atoms with Crippen molar-refractivity contribution in [3.63, 3.8) is 0 Å². The van der Waals surface area contributed by atoms with E-state index in [-0.39, 0.29) is 11.3 Å². The minimum Gasteiger partial charge on any atom is -0.363 e. The van der Waals surface area contributed by atoms with Crippen LogP contribution in [0.5, 0.6) is 0 Å². The molecule has 2 N–H and O–H groups in total. The second-order valence-corrected chi connectivity index (χ2v) is 3.90. The summed E-state index contributed by atoms with van der Waals surface area (Å²) in [4.78, 5) is 0. The van der Waals surface area contributed by atoms with Crippen LogP contribution in [0.25, 0.3) is 5.69 Å². The maximum Gasteiger partial charge on any atom is 0.435 e. The summed E-state index contributed by atoms with van der Waals surface area (Å²) in [5.41, 5.74) is -1.34. The molecule has 0 unspecified atom stereocenters. The van der Waals surface area contributed by atoms with Crippen molar-refractivity contribution in [2.45, 2.75) is 12.5 Å². The average Bonchev–Trinajstić information content (AvgIpc) is 2.84. The molecule has 104 valence electrons. The van der Waals surface area contributed by atoms with E-state index in [4.69, 9.17) is 15.5 Å². The van der Waals surface area contributed by atoms with Crippen molar-refractivity contribution >= 4 is 0 Å². The van der Waals surface area contributed by atoms with Crippen LogP contribution in [0.1, 0.15) is 23.2 Å². The van der Waals surface area contributed by atoms with Crippen LogP contribution in [0, 0.1) is 11.3 Å². The summed E-state index contributed by atoms with van der Waals surface area (Å²) < 4.78 is 38.6. The highest BCUT2D eigenvalue weighted by molar-refractivity contribution is 5.42. The molecule has 0 saturated carbocycles. The van der Waals surface area contributed by atoms with Gasteiger partial charge in [0.05, 0.1) is 17.3 Å². The minimum absolute atomic E-state index is 0.127. The zero-order valence-corrected chi connectivity index (χ0v) is 9.83. The van der Waals surface area contributed by atoms with Gasteiger partial charge in [0.15, 0.2) is 12.0 Å². The first kappa shape index (κ1) is 14.0. The standard InChI is InChI=1S/C12H8F3N3O2/c13-12(14,15)10-5-9(11(19)20)18(17-10)8-3-1-2-7(4-8)6-16/h1-5,11,19-20H. The predicted octanol–water partition coefficient (Wildman–Crippen LogP) is 1.75. The molecule has 0 aliphatic heterocycles. The lowest BCUT2D eigenvalue weighted by molar-refractivity contribution is -0.141. The maximum atomic E-state index is 12.6. The number of aliphatic hydroxyl groups is 2. The van der Waals surface area contributed by atoms with Crippen molar-refractivity contribution in [2.24, 2.45) is 0 Å². The lowest BCUT2D eigenvalue weighted by atomic mass is 10.2. The quantitative estimate of drug-likeness (QED) is 0.822. The van der Waals surface area contributed by atoms with Gasteiger partial charge in [0.1, 0.15) is 5.69 Å². The van der Waals surface area contributed by atoms with E-state index in [0.29, 0.717) is 6.07 Å². The van der Waals surface area contributed by atoms with E-state index in [1.165, 1.54) is 24.3 Å². The average molecular weight is 283 g/mol. The second-order valence-electron chi connectivity index (χ2n) is 3.90. The summed E-state index contributed by atoms with van der Waals surface area (Å²) in [7, 11) is 0. The maximum absolute atomic E-state index is 12.6. The van der Waals surface area contributed by atoms with Gasteiger partial charge in [-0.15, -0.1) is 0 Å². The lowest BCUT2D eigenvalue weighted by Crippen LogP contribution is -2.08. The minimum atomic E-state index is -4.71. The van der Waals surface area contributed by atoms with Gasteiger partial charge in [0.25, 0.3) is 0 Å². The third-order valence-corrected chi connectivity index (χ3v) is 2.51. The molecule has 0 bridgehead atoms. The number of benzene rings is 1. The third kappa shape index (κ3) is 2.64. The summed E-state index contributed by atoms with van der Waals surface area (Å²) >= 11 is 0. The molecule has 0 aliphatic carbocycles. The van der Waals surface area contributed by atoms with Crippen molar-refractivity contribution in [2.75, 3.05) is 0 Å². The Labute approximate surface area is 111 Å². The number of alkyl halides is 3.